The number of anilines is 1. The summed E-state index contributed by atoms with van der Waals surface area (Å²) in [5, 5.41) is 15.5. The van der Waals surface area contributed by atoms with E-state index in [1.165, 1.54) is 24.3 Å². The van der Waals surface area contributed by atoms with Crippen LogP contribution in [0.2, 0.25) is 5.02 Å². The van der Waals surface area contributed by atoms with Gasteiger partial charge >= 0.3 is 6.03 Å². The van der Waals surface area contributed by atoms with Gasteiger partial charge < -0.3 is 15.7 Å². The minimum absolute atomic E-state index is 0.0119. The summed E-state index contributed by atoms with van der Waals surface area (Å²) in [7, 11) is 0. The molecule has 3 N–H and O–H groups in total. The predicted octanol–water partition coefficient (Wildman–Crippen LogP) is 3.33. The average molecular weight is 309 g/mol. The molecule has 0 aromatic heterocycles. The van der Waals surface area contributed by atoms with Crippen molar-refractivity contribution in [3.63, 3.8) is 0 Å². The molecule has 1 unspecified atom stereocenters. The maximum atomic E-state index is 12.8. The predicted molar refractivity (Wildman–Crippen MR) is 79.8 cm³/mol. The van der Waals surface area contributed by atoms with Crippen molar-refractivity contribution in [1.82, 2.24) is 5.32 Å². The van der Waals surface area contributed by atoms with Gasteiger partial charge in [-0.15, -0.1) is 0 Å². The van der Waals surface area contributed by atoms with E-state index < -0.39 is 12.1 Å². The van der Waals surface area contributed by atoms with Crippen LogP contribution in [0.25, 0.3) is 0 Å². The first kappa shape index (κ1) is 15.3. The number of hydrogen-bond acceptors (Lipinski definition) is 2. The summed E-state index contributed by atoms with van der Waals surface area (Å²) in [5.74, 6) is -0.377. The number of halogens is 2. The van der Waals surface area contributed by atoms with Crippen LogP contribution in [0.1, 0.15) is 11.7 Å². The second-order valence-corrected chi connectivity index (χ2v) is 4.85. The Labute approximate surface area is 126 Å². The fourth-order valence-electron chi connectivity index (χ4n) is 1.73. The fraction of sp³-hybridized carbons (Fsp3) is 0.133. The van der Waals surface area contributed by atoms with Gasteiger partial charge in [0, 0.05) is 17.3 Å². The molecule has 0 fully saturated rings. The topological polar surface area (TPSA) is 61.4 Å². The Morgan fingerprint density at radius 1 is 1.24 bits per heavy atom. The van der Waals surface area contributed by atoms with Crippen LogP contribution in [0.4, 0.5) is 14.9 Å². The molecule has 0 heterocycles. The molecule has 6 heteroatoms. The highest BCUT2D eigenvalue weighted by Crippen LogP contribution is 2.15. The van der Waals surface area contributed by atoms with Crippen LogP contribution in [-0.2, 0) is 0 Å². The van der Waals surface area contributed by atoms with E-state index in [-0.39, 0.29) is 12.4 Å². The van der Waals surface area contributed by atoms with Gasteiger partial charge in [0.05, 0.1) is 6.10 Å². The molecule has 0 aliphatic heterocycles. The Kier molecular flexibility index (Phi) is 5.14. The highest BCUT2D eigenvalue weighted by atomic mass is 35.5. The molecule has 21 heavy (non-hydrogen) atoms. The van der Waals surface area contributed by atoms with Crippen LogP contribution < -0.4 is 10.6 Å². The van der Waals surface area contributed by atoms with Crippen molar-refractivity contribution in [1.29, 1.82) is 0 Å². The normalized spacial score (nSPS) is 11.8. The number of carbonyl (C=O) groups excluding carboxylic acids is 1. The van der Waals surface area contributed by atoms with E-state index in [1.54, 1.807) is 24.3 Å². The molecular weight excluding hydrogens is 295 g/mol. The molecule has 0 saturated heterocycles. The van der Waals surface area contributed by atoms with Gasteiger partial charge in [-0.05, 0) is 35.9 Å². The molecule has 0 bridgehead atoms. The minimum atomic E-state index is -0.907. The summed E-state index contributed by atoms with van der Waals surface area (Å²) >= 11 is 5.81. The van der Waals surface area contributed by atoms with Crippen LogP contribution >= 0.6 is 11.6 Å². The van der Waals surface area contributed by atoms with Gasteiger partial charge in [0.1, 0.15) is 5.82 Å². The van der Waals surface area contributed by atoms with Crippen molar-refractivity contribution >= 4 is 23.3 Å². The number of aliphatic hydroxyl groups excluding tert-OH is 1. The summed E-state index contributed by atoms with van der Waals surface area (Å²) < 4.78 is 12.8. The number of rotatable bonds is 4. The van der Waals surface area contributed by atoms with E-state index in [4.69, 9.17) is 11.6 Å². The Morgan fingerprint density at radius 3 is 2.62 bits per heavy atom. The lowest BCUT2D eigenvalue weighted by Gasteiger charge is -2.13. The summed E-state index contributed by atoms with van der Waals surface area (Å²) in [6.07, 6.45) is -0.907. The van der Waals surface area contributed by atoms with E-state index in [1.807, 2.05) is 0 Å². The third kappa shape index (κ3) is 4.73. The van der Waals surface area contributed by atoms with E-state index in [0.29, 0.717) is 16.3 Å². The van der Waals surface area contributed by atoms with Gasteiger partial charge in [0.2, 0.25) is 0 Å². The largest absolute Gasteiger partial charge is 0.387 e. The van der Waals surface area contributed by atoms with Crippen LogP contribution in [0.5, 0.6) is 0 Å². The third-order valence-corrected chi connectivity index (χ3v) is 3.03. The van der Waals surface area contributed by atoms with Gasteiger partial charge in [-0.1, -0.05) is 29.8 Å². The summed E-state index contributed by atoms with van der Waals surface area (Å²) in [6.45, 7) is 0.0119. The molecule has 2 aromatic rings. The quantitative estimate of drug-likeness (QED) is 0.811. The average Bonchev–Trinajstić information content (AvgIpc) is 2.45. The lowest BCUT2D eigenvalue weighted by Crippen LogP contribution is -2.32. The standard InChI is InChI=1S/C15H14ClFN2O2/c16-11-2-1-3-13(8-11)19-15(21)18-9-14(20)10-4-6-12(17)7-5-10/h1-8,14,20H,9H2,(H2,18,19,21). The monoisotopic (exact) mass is 308 g/mol. The minimum Gasteiger partial charge on any atom is -0.387 e. The van der Waals surface area contributed by atoms with Gasteiger partial charge in [0.25, 0.3) is 0 Å². The molecule has 110 valence electrons. The zero-order chi connectivity index (χ0) is 15.2. The number of nitrogens with one attached hydrogen (secondary N) is 2. The molecule has 2 aromatic carbocycles. The van der Waals surface area contributed by atoms with Crippen LogP contribution in [0.3, 0.4) is 0 Å². The lowest BCUT2D eigenvalue weighted by molar-refractivity contribution is 0.175. The van der Waals surface area contributed by atoms with Gasteiger partial charge in [0.15, 0.2) is 0 Å². The molecular formula is C15H14ClFN2O2. The number of urea groups is 1. The van der Waals surface area contributed by atoms with Crippen molar-refractivity contribution in [3.8, 4) is 0 Å². The van der Waals surface area contributed by atoms with Gasteiger partial charge in [-0.25, -0.2) is 9.18 Å². The van der Waals surface area contributed by atoms with Gasteiger partial charge in [-0.3, -0.25) is 0 Å². The second kappa shape index (κ2) is 7.06. The number of hydrogen-bond donors (Lipinski definition) is 3. The molecule has 0 saturated carbocycles. The van der Waals surface area contributed by atoms with Gasteiger partial charge in [-0.2, -0.15) is 0 Å². The maximum absolute atomic E-state index is 12.8. The summed E-state index contributed by atoms with van der Waals surface area (Å²) in [6, 6.07) is 11.7. The zero-order valence-electron chi connectivity index (χ0n) is 11.0. The number of carbonyl (C=O) groups is 1. The first-order valence-electron chi connectivity index (χ1n) is 6.28. The maximum Gasteiger partial charge on any atom is 0.319 e. The summed E-state index contributed by atoms with van der Waals surface area (Å²) in [5.41, 5.74) is 1.08. The Bertz CT molecular complexity index is 619. The molecule has 0 spiro atoms. The second-order valence-electron chi connectivity index (χ2n) is 4.41. The van der Waals surface area contributed by atoms with Crippen molar-refractivity contribution < 1.29 is 14.3 Å². The SMILES string of the molecule is O=C(NCC(O)c1ccc(F)cc1)Nc1cccc(Cl)c1. The van der Waals surface area contributed by atoms with Crippen molar-refractivity contribution in [2.75, 3.05) is 11.9 Å². The number of benzene rings is 2. The molecule has 0 aliphatic rings. The fourth-order valence-corrected chi connectivity index (χ4v) is 1.92. The lowest BCUT2D eigenvalue weighted by atomic mass is 10.1. The molecule has 1 atom stereocenters. The first-order valence-corrected chi connectivity index (χ1v) is 6.66. The van der Waals surface area contributed by atoms with Crippen LogP contribution in [0, 0.1) is 5.82 Å². The van der Waals surface area contributed by atoms with E-state index in [0.717, 1.165) is 0 Å². The van der Waals surface area contributed by atoms with Crippen molar-refractivity contribution in [2.24, 2.45) is 0 Å². The number of aliphatic hydroxyl groups is 1. The molecule has 4 nitrogen and oxygen atoms in total. The molecule has 0 radical (unpaired) electrons. The highest BCUT2D eigenvalue weighted by Gasteiger charge is 2.09. The van der Waals surface area contributed by atoms with Crippen LogP contribution in [-0.4, -0.2) is 17.7 Å². The van der Waals surface area contributed by atoms with E-state index in [2.05, 4.69) is 10.6 Å². The molecule has 0 aliphatic carbocycles. The van der Waals surface area contributed by atoms with Crippen molar-refractivity contribution in [2.45, 2.75) is 6.10 Å². The zero-order valence-corrected chi connectivity index (χ0v) is 11.8. The van der Waals surface area contributed by atoms with E-state index in [9.17, 15) is 14.3 Å². The Morgan fingerprint density at radius 2 is 1.95 bits per heavy atom. The number of amides is 2. The van der Waals surface area contributed by atoms with Crippen LogP contribution in [0.15, 0.2) is 48.5 Å². The Hall–Kier alpha value is -2.11. The third-order valence-electron chi connectivity index (χ3n) is 2.79. The first-order chi connectivity index (χ1) is 10.0. The van der Waals surface area contributed by atoms with E-state index >= 15 is 0 Å². The molecule has 2 amide bonds. The smallest absolute Gasteiger partial charge is 0.319 e. The van der Waals surface area contributed by atoms with Crippen molar-refractivity contribution in [3.05, 3.63) is 64.9 Å². The Balaban J connectivity index is 1.84. The highest BCUT2D eigenvalue weighted by molar-refractivity contribution is 6.30. The molecule has 2 rings (SSSR count). The summed E-state index contributed by atoms with van der Waals surface area (Å²) in [4.78, 5) is 11.7.